The van der Waals surface area contributed by atoms with Crippen molar-refractivity contribution < 1.29 is 29.3 Å². The van der Waals surface area contributed by atoms with Gasteiger partial charge in [0.1, 0.15) is 18.1 Å². The smallest absolute Gasteiger partial charge is 0.338 e. The second-order valence-corrected chi connectivity index (χ2v) is 7.65. The number of carboxylic acids is 1. The molecule has 33 heavy (non-hydrogen) atoms. The summed E-state index contributed by atoms with van der Waals surface area (Å²) in [6, 6.07) is 22.5. The van der Waals surface area contributed by atoms with E-state index in [1.807, 2.05) is 30.3 Å². The molecule has 0 bridgehead atoms. The third kappa shape index (κ3) is 5.13. The van der Waals surface area contributed by atoms with E-state index in [-0.39, 0.29) is 17.9 Å². The normalized spacial score (nSPS) is 10.7. The molecule has 0 atom stereocenters. The van der Waals surface area contributed by atoms with Gasteiger partial charge >= 0.3 is 11.9 Å². The fourth-order valence-corrected chi connectivity index (χ4v) is 3.58. The van der Waals surface area contributed by atoms with Crippen molar-refractivity contribution in [1.29, 1.82) is 0 Å². The standard InChI is InChI=1S/C27H22O6/c1-32-24-4-2-3-18(12-24)16-33-27(31)21-10-9-20-15-25(28)23(14-22(20)13-21)11-17-5-7-19(8-6-17)26(29)30/h2-10,12-15,28H,11,16H2,1H3,(H,29,30). The first-order valence-corrected chi connectivity index (χ1v) is 10.3. The summed E-state index contributed by atoms with van der Waals surface area (Å²) in [6.45, 7) is 0.126. The van der Waals surface area contributed by atoms with Gasteiger partial charge in [0.05, 0.1) is 18.2 Å². The first kappa shape index (κ1) is 21.9. The van der Waals surface area contributed by atoms with Gasteiger partial charge in [-0.1, -0.05) is 30.3 Å². The number of methoxy groups -OCH3 is 1. The number of benzene rings is 4. The van der Waals surface area contributed by atoms with Gasteiger partial charge in [0.2, 0.25) is 0 Å². The summed E-state index contributed by atoms with van der Waals surface area (Å²) in [4.78, 5) is 23.6. The third-order valence-electron chi connectivity index (χ3n) is 5.37. The van der Waals surface area contributed by atoms with E-state index in [0.717, 1.165) is 21.9 Å². The molecule has 0 heterocycles. The number of ether oxygens (including phenoxy) is 2. The van der Waals surface area contributed by atoms with E-state index in [9.17, 15) is 14.7 Å². The lowest BCUT2D eigenvalue weighted by molar-refractivity contribution is 0.0472. The molecule has 0 unspecified atom stereocenters. The van der Waals surface area contributed by atoms with Crippen molar-refractivity contribution in [2.45, 2.75) is 13.0 Å². The van der Waals surface area contributed by atoms with E-state index in [1.54, 1.807) is 43.5 Å². The number of carboxylic acid groups (broad SMARTS) is 1. The van der Waals surface area contributed by atoms with Crippen LogP contribution in [0, 0.1) is 0 Å². The number of carbonyl (C=O) groups is 2. The number of rotatable bonds is 7. The highest BCUT2D eigenvalue weighted by molar-refractivity contribution is 5.96. The predicted molar refractivity (Wildman–Crippen MR) is 124 cm³/mol. The van der Waals surface area contributed by atoms with Crippen LogP contribution in [-0.4, -0.2) is 29.3 Å². The molecule has 4 rings (SSSR count). The van der Waals surface area contributed by atoms with Gasteiger partial charge in [-0.05, 0) is 76.0 Å². The molecule has 0 saturated carbocycles. The molecule has 6 nitrogen and oxygen atoms in total. The van der Waals surface area contributed by atoms with Gasteiger partial charge in [-0.3, -0.25) is 0 Å². The van der Waals surface area contributed by atoms with Crippen LogP contribution in [0.4, 0.5) is 0 Å². The van der Waals surface area contributed by atoms with E-state index in [0.29, 0.717) is 23.3 Å². The molecular weight excluding hydrogens is 420 g/mol. The highest BCUT2D eigenvalue weighted by Crippen LogP contribution is 2.28. The Labute approximate surface area is 190 Å². The molecule has 4 aromatic rings. The van der Waals surface area contributed by atoms with Crippen LogP contribution in [0.1, 0.15) is 37.4 Å². The Morgan fingerprint density at radius 2 is 1.58 bits per heavy atom. The lowest BCUT2D eigenvalue weighted by Gasteiger charge is -2.10. The predicted octanol–water partition coefficient (Wildman–Crippen LogP) is 5.20. The maximum absolute atomic E-state index is 12.6. The average molecular weight is 442 g/mol. The number of phenolic OH excluding ortho intramolecular Hbond substituents is 1. The van der Waals surface area contributed by atoms with Crippen LogP contribution in [-0.2, 0) is 17.8 Å². The van der Waals surface area contributed by atoms with Crippen molar-refractivity contribution in [2.24, 2.45) is 0 Å². The lowest BCUT2D eigenvalue weighted by Crippen LogP contribution is -2.05. The highest BCUT2D eigenvalue weighted by atomic mass is 16.5. The second-order valence-electron chi connectivity index (χ2n) is 7.65. The first-order chi connectivity index (χ1) is 15.9. The minimum Gasteiger partial charge on any atom is -0.508 e. The van der Waals surface area contributed by atoms with Crippen molar-refractivity contribution in [2.75, 3.05) is 7.11 Å². The largest absolute Gasteiger partial charge is 0.508 e. The number of esters is 1. The van der Waals surface area contributed by atoms with Gasteiger partial charge in [0.25, 0.3) is 0 Å². The summed E-state index contributed by atoms with van der Waals surface area (Å²) < 4.78 is 10.6. The Bertz CT molecular complexity index is 1320. The minimum atomic E-state index is -0.985. The first-order valence-electron chi connectivity index (χ1n) is 10.3. The molecule has 0 aliphatic carbocycles. The van der Waals surface area contributed by atoms with Gasteiger partial charge in [-0.2, -0.15) is 0 Å². The molecule has 166 valence electrons. The van der Waals surface area contributed by atoms with Crippen LogP contribution in [0.2, 0.25) is 0 Å². The monoisotopic (exact) mass is 442 g/mol. The Hall–Kier alpha value is -4.32. The summed E-state index contributed by atoms with van der Waals surface area (Å²) in [7, 11) is 1.58. The number of phenols is 1. The molecule has 0 amide bonds. The van der Waals surface area contributed by atoms with Crippen LogP contribution < -0.4 is 4.74 Å². The Balaban J connectivity index is 1.52. The van der Waals surface area contributed by atoms with E-state index in [1.165, 1.54) is 12.1 Å². The zero-order valence-corrected chi connectivity index (χ0v) is 17.9. The number of carbonyl (C=O) groups excluding carboxylic acids is 1. The summed E-state index contributed by atoms with van der Waals surface area (Å²) in [5, 5.41) is 21.1. The SMILES string of the molecule is COc1cccc(COC(=O)c2ccc3cc(O)c(Cc4ccc(C(=O)O)cc4)cc3c2)c1. The molecule has 0 aliphatic heterocycles. The van der Waals surface area contributed by atoms with Crippen LogP contribution in [0.25, 0.3) is 10.8 Å². The van der Waals surface area contributed by atoms with Crippen LogP contribution in [0.3, 0.4) is 0 Å². The van der Waals surface area contributed by atoms with Crippen LogP contribution in [0.5, 0.6) is 11.5 Å². The molecule has 0 aromatic heterocycles. The fourth-order valence-electron chi connectivity index (χ4n) is 3.58. The van der Waals surface area contributed by atoms with Gasteiger partial charge in [-0.15, -0.1) is 0 Å². The lowest BCUT2D eigenvalue weighted by atomic mass is 9.98. The van der Waals surface area contributed by atoms with E-state index in [2.05, 4.69) is 0 Å². The molecule has 4 aromatic carbocycles. The second kappa shape index (κ2) is 9.44. The molecule has 2 N–H and O–H groups in total. The van der Waals surface area contributed by atoms with Crippen molar-refractivity contribution in [1.82, 2.24) is 0 Å². The van der Waals surface area contributed by atoms with Crippen molar-refractivity contribution in [3.05, 3.63) is 107 Å². The molecule has 6 heteroatoms. The van der Waals surface area contributed by atoms with Crippen LogP contribution in [0.15, 0.2) is 78.9 Å². The maximum Gasteiger partial charge on any atom is 0.338 e. The van der Waals surface area contributed by atoms with Gasteiger partial charge in [-0.25, -0.2) is 9.59 Å². The minimum absolute atomic E-state index is 0.126. The summed E-state index contributed by atoms with van der Waals surface area (Å²) in [5.41, 5.74) is 2.98. The zero-order chi connectivity index (χ0) is 23.4. The molecule has 0 fully saturated rings. The maximum atomic E-state index is 12.6. The fraction of sp³-hybridized carbons (Fsp3) is 0.111. The number of hydrogen-bond donors (Lipinski definition) is 2. The molecular formula is C27H22O6. The van der Waals surface area contributed by atoms with Crippen LogP contribution >= 0.6 is 0 Å². The van der Waals surface area contributed by atoms with Gasteiger partial charge in [0.15, 0.2) is 0 Å². The Morgan fingerprint density at radius 1 is 0.818 bits per heavy atom. The van der Waals surface area contributed by atoms with Crippen molar-refractivity contribution in [3.63, 3.8) is 0 Å². The van der Waals surface area contributed by atoms with Gasteiger partial charge in [0, 0.05) is 6.42 Å². The number of hydrogen-bond acceptors (Lipinski definition) is 5. The van der Waals surface area contributed by atoms with Gasteiger partial charge < -0.3 is 19.7 Å². The quantitative estimate of drug-likeness (QED) is 0.382. The third-order valence-corrected chi connectivity index (χ3v) is 5.37. The zero-order valence-electron chi connectivity index (χ0n) is 17.9. The molecule has 0 radical (unpaired) electrons. The molecule has 0 spiro atoms. The number of aromatic carboxylic acids is 1. The highest BCUT2D eigenvalue weighted by Gasteiger charge is 2.12. The van der Waals surface area contributed by atoms with E-state index < -0.39 is 11.9 Å². The Morgan fingerprint density at radius 3 is 2.30 bits per heavy atom. The van der Waals surface area contributed by atoms with E-state index in [4.69, 9.17) is 14.6 Å². The summed E-state index contributed by atoms with van der Waals surface area (Å²) >= 11 is 0. The van der Waals surface area contributed by atoms with Crippen molar-refractivity contribution in [3.8, 4) is 11.5 Å². The number of aromatic hydroxyl groups is 1. The topological polar surface area (TPSA) is 93.1 Å². The number of fused-ring (bicyclic) bond motifs is 1. The van der Waals surface area contributed by atoms with E-state index >= 15 is 0 Å². The summed E-state index contributed by atoms with van der Waals surface area (Å²) in [6.07, 6.45) is 0.423. The Kier molecular flexibility index (Phi) is 6.26. The van der Waals surface area contributed by atoms with Crippen molar-refractivity contribution >= 4 is 22.7 Å². The molecule has 0 aliphatic rings. The average Bonchev–Trinajstić information content (AvgIpc) is 2.83. The molecule has 0 saturated heterocycles. The summed E-state index contributed by atoms with van der Waals surface area (Å²) in [5.74, 6) is -0.600.